The lowest BCUT2D eigenvalue weighted by Gasteiger charge is -2.05. The standard InChI is InChI=1S/C10H15NO4S/c12-4-3-8-7-11-10(15-8)6-9-2-1-5-16(9,13)14/h7,9,12H,1-6H2. The quantitative estimate of drug-likeness (QED) is 0.826. The minimum atomic E-state index is -2.94. The van der Waals surface area contributed by atoms with Crippen LogP contribution in [0.2, 0.25) is 0 Å². The molecule has 2 rings (SSSR count). The third-order valence-corrected chi connectivity index (χ3v) is 5.10. The number of rotatable bonds is 4. The van der Waals surface area contributed by atoms with Crippen LogP contribution >= 0.6 is 0 Å². The summed E-state index contributed by atoms with van der Waals surface area (Å²) < 4.78 is 28.5. The Morgan fingerprint density at radius 3 is 3.00 bits per heavy atom. The van der Waals surface area contributed by atoms with Crippen molar-refractivity contribution >= 4 is 9.84 Å². The third kappa shape index (κ3) is 2.44. The van der Waals surface area contributed by atoms with Gasteiger partial charge in [-0.15, -0.1) is 0 Å². The Bertz CT molecular complexity index is 451. The van der Waals surface area contributed by atoms with Crippen molar-refractivity contribution in [1.82, 2.24) is 4.98 Å². The molecule has 1 aliphatic rings. The molecule has 1 aromatic rings. The molecule has 1 aliphatic heterocycles. The van der Waals surface area contributed by atoms with Crippen LogP contribution in [-0.2, 0) is 22.7 Å². The Hall–Kier alpha value is -0.880. The molecule has 16 heavy (non-hydrogen) atoms. The maximum absolute atomic E-state index is 11.6. The molecule has 1 atom stereocenters. The van der Waals surface area contributed by atoms with Crippen LogP contribution < -0.4 is 0 Å². The molecule has 1 aromatic heterocycles. The summed E-state index contributed by atoms with van der Waals surface area (Å²) in [6.07, 6.45) is 3.75. The number of aliphatic hydroxyl groups excluding tert-OH is 1. The number of nitrogens with zero attached hydrogens (tertiary/aromatic N) is 1. The fourth-order valence-electron chi connectivity index (χ4n) is 1.95. The fraction of sp³-hybridized carbons (Fsp3) is 0.700. The highest BCUT2D eigenvalue weighted by molar-refractivity contribution is 7.92. The van der Waals surface area contributed by atoms with Crippen molar-refractivity contribution in [1.29, 1.82) is 0 Å². The van der Waals surface area contributed by atoms with Gasteiger partial charge in [-0.25, -0.2) is 13.4 Å². The van der Waals surface area contributed by atoms with E-state index in [1.165, 1.54) is 0 Å². The van der Waals surface area contributed by atoms with E-state index in [1.807, 2.05) is 0 Å². The van der Waals surface area contributed by atoms with Gasteiger partial charge in [0.15, 0.2) is 15.7 Å². The van der Waals surface area contributed by atoms with Crippen LogP contribution in [0, 0.1) is 0 Å². The molecule has 1 saturated heterocycles. The van der Waals surface area contributed by atoms with E-state index < -0.39 is 9.84 Å². The van der Waals surface area contributed by atoms with Crippen LogP contribution in [0.1, 0.15) is 24.5 Å². The van der Waals surface area contributed by atoms with Crippen molar-refractivity contribution in [3.63, 3.8) is 0 Å². The molecule has 1 N–H and O–H groups in total. The molecule has 0 aromatic carbocycles. The summed E-state index contributed by atoms with van der Waals surface area (Å²) in [6, 6.07) is 0. The number of hydrogen-bond acceptors (Lipinski definition) is 5. The molecule has 0 aliphatic carbocycles. The number of hydrogen-bond donors (Lipinski definition) is 1. The van der Waals surface area contributed by atoms with Gasteiger partial charge in [-0.3, -0.25) is 0 Å². The zero-order valence-corrected chi connectivity index (χ0v) is 9.74. The van der Waals surface area contributed by atoms with Crippen molar-refractivity contribution < 1.29 is 17.9 Å². The van der Waals surface area contributed by atoms with Gasteiger partial charge in [0.25, 0.3) is 0 Å². The molecule has 1 unspecified atom stereocenters. The van der Waals surface area contributed by atoms with Gasteiger partial charge in [-0.1, -0.05) is 0 Å². The molecule has 0 radical (unpaired) electrons. The average Bonchev–Trinajstić information content (AvgIpc) is 2.76. The maximum atomic E-state index is 11.6. The summed E-state index contributed by atoms with van der Waals surface area (Å²) in [4.78, 5) is 4.02. The van der Waals surface area contributed by atoms with E-state index in [0.29, 0.717) is 30.9 Å². The Labute approximate surface area is 94.4 Å². The lowest BCUT2D eigenvalue weighted by atomic mass is 10.2. The molecular formula is C10H15NO4S. The monoisotopic (exact) mass is 245 g/mol. The highest BCUT2D eigenvalue weighted by Gasteiger charge is 2.32. The molecule has 0 amide bonds. The number of oxazole rings is 1. The second kappa shape index (κ2) is 4.55. The summed E-state index contributed by atoms with van der Waals surface area (Å²) in [5.41, 5.74) is 0. The van der Waals surface area contributed by atoms with E-state index in [0.717, 1.165) is 6.42 Å². The highest BCUT2D eigenvalue weighted by atomic mass is 32.2. The summed E-state index contributed by atoms with van der Waals surface area (Å²) in [5.74, 6) is 1.34. The van der Waals surface area contributed by atoms with E-state index in [2.05, 4.69) is 4.98 Å². The van der Waals surface area contributed by atoms with Gasteiger partial charge in [0.2, 0.25) is 0 Å². The van der Waals surface area contributed by atoms with Crippen LogP contribution in [0.5, 0.6) is 0 Å². The average molecular weight is 245 g/mol. The molecule has 1 fully saturated rings. The Kier molecular flexibility index (Phi) is 3.30. The van der Waals surface area contributed by atoms with Crippen molar-refractivity contribution in [3.05, 3.63) is 17.8 Å². The molecule has 90 valence electrons. The summed E-state index contributed by atoms with van der Waals surface area (Å²) in [6.45, 7) is 0.0103. The third-order valence-electron chi connectivity index (χ3n) is 2.82. The van der Waals surface area contributed by atoms with Crippen molar-refractivity contribution in [3.8, 4) is 0 Å². The summed E-state index contributed by atoms with van der Waals surface area (Å²) >= 11 is 0. The summed E-state index contributed by atoms with van der Waals surface area (Å²) in [5, 5.41) is 8.37. The topological polar surface area (TPSA) is 80.4 Å². The van der Waals surface area contributed by atoms with Crippen LogP contribution in [0.25, 0.3) is 0 Å². The number of aliphatic hydroxyl groups is 1. The fourth-order valence-corrected chi connectivity index (χ4v) is 3.78. The molecule has 0 bridgehead atoms. The van der Waals surface area contributed by atoms with Crippen molar-refractivity contribution in [2.24, 2.45) is 0 Å². The Morgan fingerprint density at radius 2 is 2.38 bits per heavy atom. The highest BCUT2D eigenvalue weighted by Crippen LogP contribution is 2.23. The molecule has 0 saturated carbocycles. The van der Waals surface area contributed by atoms with Gasteiger partial charge in [-0.2, -0.15) is 0 Å². The van der Waals surface area contributed by atoms with E-state index in [4.69, 9.17) is 9.52 Å². The Morgan fingerprint density at radius 1 is 1.56 bits per heavy atom. The smallest absolute Gasteiger partial charge is 0.195 e. The van der Waals surface area contributed by atoms with Crippen LogP contribution in [0.4, 0.5) is 0 Å². The first kappa shape index (κ1) is 11.6. The largest absolute Gasteiger partial charge is 0.446 e. The van der Waals surface area contributed by atoms with Gasteiger partial charge >= 0.3 is 0 Å². The zero-order chi connectivity index (χ0) is 11.6. The van der Waals surface area contributed by atoms with Crippen molar-refractivity contribution in [2.45, 2.75) is 30.9 Å². The van der Waals surface area contributed by atoms with Crippen molar-refractivity contribution in [2.75, 3.05) is 12.4 Å². The first-order chi connectivity index (χ1) is 7.62. The number of sulfone groups is 1. The second-order valence-electron chi connectivity index (χ2n) is 4.03. The molecule has 2 heterocycles. The maximum Gasteiger partial charge on any atom is 0.195 e. The van der Waals surface area contributed by atoms with Gasteiger partial charge < -0.3 is 9.52 Å². The molecule has 5 nitrogen and oxygen atoms in total. The molecule has 0 spiro atoms. The van der Waals surface area contributed by atoms with Gasteiger partial charge in [0, 0.05) is 12.8 Å². The minimum Gasteiger partial charge on any atom is -0.446 e. The van der Waals surface area contributed by atoms with Crippen LogP contribution in [-0.4, -0.2) is 36.1 Å². The lowest BCUT2D eigenvalue weighted by Crippen LogP contribution is -2.18. The predicted octanol–water partition coefficient (Wildman–Crippen LogP) is 0.329. The van der Waals surface area contributed by atoms with Gasteiger partial charge in [-0.05, 0) is 12.8 Å². The van der Waals surface area contributed by atoms with E-state index in [-0.39, 0.29) is 17.6 Å². The van der Waals surface area contributed by atoms with E-state index in [1.54, 1.807) is 6.20 Å². The molecule has 6 heteroatoms. The Balaban J connectivity index is 2.03. The molecular weight excluding hydrogens is 230 g/mol. The van der Waals surface area contributed by atoms with Crippen LogP contribution in [0.3, 0.4) is 0 Å². The SMILES string of the molecule is O=S1(=O)CCCC1Cc1ncc(CCO)o1. The van der Waals surface area contributed by atoms with E-state index >= 15 is 0 Å². The first-order valence-electron chi connectivity index (χ1n) is 5.38. The lowest BCUT2D eigenvalue weighted by molar-refractivity contribution is 0.285. The normalized spacial score (nSPS) is 23.7. The summed E-state index contributed by atoms with van der Waals surface area (Å²) in [7, 11) is -2.94. The predicted molar refractivity (Wildman–Crippen MR) is 57.8 cm³/mol. The van der Waals surface area contributed by atoms with E-state index in [9.17, 15) is 8.42 Å². The first-order valence-corrected chi connectivity index (χ1v) is 7.09. The second-order valence-corrected chi connectivity index (χ2v) is 6.43. The zero-order valence-electron chi connectivity index (χ0n) is 8.92. The van der Waals surface area contributed by atoms with Crippen LogP contribution in [0.15, 0.2) is 10.6 Å². The minimum absolute atomic E-state index is 0.0103. The van der Waals surface area contributed by atoms with Gasteiger partial charge in [0.05, 0.1) is 23.8 Å². The van der Waals surface area contributed by atoms with Gasteiger partial charge in [0.1, 0.15) is 5.76 Å². The number of aromatic nitrogens is 1.